The number of hydrogen-bond acceptors (Lipinski definition) is 1. The van der Waals surface area contributed by atoms with Crippen LogP contribution in [-0.4, -0.2) is 11.7 Å². The van der Waals surface area contributed by atoms with E-state index < -0.39 is 11.8 Å². The van der Waals surface area contributed by atoms with Crippen LogP contribution in [0, 0.1) is 5.92 Å². The Morgan fingerprint density at radius 1 is 1.44 bits per heavy atom. The minimum absolute atomic E-state index is 0.0625. The van der Waals surface area contributed by atoms with Crippen LogP contribution >= 0.6 is 15.9 Å². The van der Waals surface area contributed by atoms with E-state index >= 15 is 0 Å². The molecule has 2 rings (SSSR count). The second kappa shape index (κ2) is 5.47. The van der Waals surface area contributed by atoms with Crippen molar-refractivity contribution in [1.82, 2.24) is 0 Å². The van der Waals surface area contributed by atoms with Crippen molar-refractivity contribution in [2.45, 2.75) is 38.0 Å². The van der Waals surface area contributed by atoms with Crippen LogP contribution in [0.1, 0.15) is 31.2 Å². The molecule has 0 aromatic heterocycles. The van der Waals surface area contributed by atoms with E-state index in [-0.39, 0.29) is 25.0 Å². The fourth-order valence-corrected chi connectivity index (χ4v) is 2.89. The summed E-state index contributed by atoms with van der Waals surface area (Å²) in [7, 11) is 0. The van der Waals surface area contributed by atoms with Gasteiger partial charge in [0.05, 0.1) is 0 Å². The fraction of sp³-hybridized carbons (Fsp3) is 0.500. The van der Waals surface area contributed by atoms with Crippen LogP contribution in [0.2, 0.25) is 0 Å². The van der Waals surface area contributed by atoms with Gasteiger partial charge in [0.25, 0.3) is 0 Å². The normalized spacial score (nSPS) is 22.7. The molecule has 1 unspecified atom stereocenters. The summed E-state index contributed by atoms with van der Waals surface area (Å²) in [6, 6.07) is 7.44. The van der Waals surface area contributed by atoms with Crippen LogP contribution in [-0.2, 0) is 11.2 Å². The van der Waals surface area contributed by atoms with Gasteiger partial charge in [-0.2, -0.15) is 0 Å². The molecule has 1 nitrogen and oxygen atoms in total. The van der Waals surface area contributed by atoms with Gasteiger partial charge in [0.1, 0.15) is 5.78 Å². The predicted molar refractivity (Wildman–Crippen MR) is 69.8 cm³/mol. The lowest BCUT2D eigenvalue weighted by Crippen LogP contribution is -2.31. The lowest BCUT2D eigenvalue weighted by atomic mass is 9.82. The van der Waals surface area contributed by atoms with E-state index in [0.29, 0.717) is 12.8 Å². The Labute approximate surface area is 114 Å². The van der Waals surface area contributed by atoms with E-state index in [1.165, 1.54) is 0 Å². The zero-order valence-electron chi connectivity index (χ0n) is 9.96. The summed E-state index contributed by atoms with van der Waals surface area (Å²) >= 11 is 3.33. The van der Waals surface area contributed by atoms with Crippen molar-refractivity contribution in [2.24, 2.45) is 5.92 Å². The molecule has 98 valence electrons. The SMILES string of the molecule is O=C(Cc1cccc(Br)c1)C1CCCC(F)(F)C1. The zero-order valence-corrected chi connectivity index (χ0v) is 11.6. The maximum Gasteiger partial charge on any atom is 0.248 e. The summed E-state index contributed by atoms with van der Waals surface area (Å²) in [5.41, 5.74) is 0.878. The van der Waals surface area contributed by atoms with E-state index in [2.05, 4.69) is 15.9 Å². The Morgan fingerprint density at radius 2 is 2.22 bits per heavy atom. The molecule has 1 fully saturated rings. The van der Waals surface area contributed by atoms with Gasteiger partial charge in [0.15, 0.2) is 0 Å². The van der Waals surface area contributed by atoms with Crippen molar-refractivity contribution in [3.8, 4) is 0 Å². The first kappa shape index (κ1) is 13.7. The molecule has 1 atom stereocenters. The topological polar surface area (TPSA) is 17.1 Å². The molecule has 1 aliphatic rings. The number of carbonyl (C=O) groups excluding carboxylic acids is 1. The molecule has 0 saturated heterocycles. The number of rotatable bonds is 3. The highest BCUT2D eigenvalue weighted by Crippen LogP contribution is 2.37. The Bertz CT molecular complexity index is 445. The van der Waals surface area contributed by atoms with Gasteiger partial charge in [0.2, 0.25) is 5.92 Å². The maximum atomic E-state index is 13.3. The first-order valence-corrected chi connectivity index (χ1v) is 6.90. The summed E-state index contributed by atoms with van der Waals surface area (Å²) in [6.45, 7) is 0. The minimum atomic E-state index is -2.66. The summed E-state index contributed by atoms with van der Waals surface area (Å²) in [6.07, 6.45) is 0.942. The van der Waals surface area contributed by atoms with Gasteiger partial charge >= 0.3 is 0 Å². The smallest absolute Gasteiger partial charge is 0.248 e. The standard InChI is InChI=1S/C14H15BrF2O/c15-12-5-1-3-10(7-12)8-13(18)11-4-2-6-14(16,17)9-11/h1,3,5,7,11H,2,4,6,8-9H2. The maximum absolute atomic E-state index is 13.3. The Kier molecular flexibility index (Phi) is 4.15. The summed E-state index contributed by atoms with van der Waals surface area (Å²) < 4.78 is 27.4. The second-order valence-electron chi connectivity index (χ2n) is 4.92. The lowest BCUT2D eigenvalue weighted by Gasteiger charge is -2.27. The molecule has 18 heavy (non-hydrogen) atoms. The van der Waals surface area contributed by atoms with Crippen molar-refractivity contribution in [2.75, 3.05) is 0 Å². The molecule has 0 heterocycles. The monoisotopic (exact) mass is 316 g/mol. The second-order valence-corrected chi connectivity index (χ2v) is 5.84. The molecular formula is C14H15BrF2O. The zero-order chi connectivity index (χ0) is 13.2. The Balaban J connectivity index is 2.00. The van der Waals surface area contributed by atoms with Crippen LogP contribution in [0.5, 0.6) is 0 Å². The largest absolute Gasteiger partial charge is 0.299 e. The first-order valence-electron chi connectivity index (χ1n) is 6.11. The van der Waals surface area contributed by atoms with Crippen LogP contribution < -0.4 is 0 Å². The van der Waals surface area contributed by atoms with Gasteiger partial charge in [-0.15, -0.1) is 0 Å². The van der Waals surface area contributed by atoms with E-state index in [9.17, 15) is 13.6 Å². The number of hydrogen-bond donors (Lipinski definition) is 0. The highest BCUT2D eigenvalue weighted by Gasteiger charge is 2.38. The number of halogens is 3. The Morgan fingerprint density at radius 3 is 2.89 bits per heavy atom. The lowest BCUT2D eigenvalue weighted by molar-refractivity contribution is -0.129. The fourth-order valence-electron chi connectivity index (χ4n) is 2.44. The molecule has 1 saturated carbocycles. The minimum Gasteiger partial charge on any atom is -0.299 e. The molecule has 1 aromatic carbocycles. The van der Waals surface area contributed by atoms with Crippen LogP contribution in [0.4, 0.5) is 8.78 Å². The number of ketones is 1. The molecule has 0 aliphatic heterocycles. The molecule has 1 aromatic rings. The highest BCUT2D eigenvalue weighted by molar-refractivity contribution is 9.10. The molecule has 0 N–H and O–H groups in total. The third-order valence-electron chi connectivity index (χ3n) is 3.36. The molecule has 0 spiro atoms. The number of carbonyl (C=O) groups is 1. The summed E-state index contributed by atoms with van der Waals surface area (Å²) in [4.78, 5) is 12.0. The van der Waals surface area contributed by atoms with Gasteiger partial charge in [-0.25, -0.2) is 8.78 Å². The van der Waals surface area contributed by atoms with Gasteiger partial charge in [-0.3, -0.25) is 4.79 Å². The average Bonchev–Trinajstić information content (AvgIpc) is 2.27. The molecule has 0 amide bonds. The van der Waals surface area contributed by atoms with E-state index in [1.54, 1.807) is 0 Å². The number of Topliss-reactive ketones (excluding diaryl/α,β-unsaturated/α-hetero) is 1. The van der Waals surface area contributed by atoms with Crippen molar-refractivity contribution >= 4 is 21.7 Å². The third-order valence-corrected chi connectivity index (χ3v) is 3.86. The molecule has 0 bridgehead atoms. The van der Waals surface area contributed by atoms with Crippen molar-refractivity contribution in [1.29, 1.82) is 0 Å². The van der Waals surface area contributed by atoms with E-state index in [0.717, 1.165) is 10.0 Å². The number of benzene rings is 1. The van der Waals surface area contributed by atoms with E-state index in [1.807, 2.05) is 24.3 Å². The molecule has 4 heteroatoms. The molecule has 0 radical (unpaired) electrons. The van der Waals surface area contributed by atoms with Crippen LogP contribution in [0.15, 0.2) is 28.7 Å². The number of alkyl halides is 2. The summed E-state index contributed by atoms with van der Waals surface area (Å²) in [5, 5.41) is 0. The van der Waals surface area contributed by atoms with Gasteiger partial charge < -0.3 is 0 Å². The molecule has 1 aliphatic carbocycles. The van der Waals surface area contributed by atoms with Gasteiger partial charge in [-0.05, 0) is 30.5 Å². The average molecular weight is 317 g/mol. The Hall–Kier alpha value is -0.770. The first-order chi connectivity index (χ1) is 8.46. The van der Waals surface area contributed by atoms with Crippen LogP contribution in [0.25, 0.3) is 0 Å². The van der Waals surface area contributed by atoms with Crippen LogP contribution in [0.3, 0.4) is 0 Å². The van der Waals surface area contributed by atoms with E-state index in [4.69, 9.17) is 0 Å². The van der Waals surface area contributed by atoms with Gasteiger partial charge in [-0.1, -0.05) is 28.1 Å². The summed E-state index contributed by atoms with van der Waals surface area (Å²) in [5.74, 6) is -3.20. The van der Waals surface area contributed by atoms with Crippen molar-refractivity contribution in [3.63, 3.8) is 0 Å². The quantitative estimate of drug-likeness (QED) is 0.808. The van der Waals surface area contributed by atoms with Crippen molar-refractivity contribution < 1.29 is 13.6 Å². The van der Waals surface area contributed by atoms with Crippen molar-refractivity contribution in [3.05, 3.63) is 34.3 Å². The third kappa shape index (κ3) is 3.61. The predicted octanol–water partition coefficient (Wildman–Crippen LogP) is 4.39. The van der Waals surface area contributed by atoms with Gasteiger partial charge in [0, 0.05) is 29.7 Å². The highest BCUT2D eigenvalue weighted by atomic mass is 79.9. The molecular weight excluding hydrogens is 302 g/mol.